The molecule has 188 valence electrons. The third kappa shape index (κ3) is 6.11. The fourth-order valence-corrected chi connectivity index (χ4v) is 3.37. The monoisotopic (exact) mass is 488 g/mol. The van der Waals surface area contributed by atoms with Gasteiger partial charge in [0.15, 0.2) is 18.3 Å². The first-order chi connectivity index (χ1) is 16.6. The Bertz CT molecular complexity index is 1250. The first kappa shape index (κ1) is 26.0. The smallest absolute Gasteiger partial charge is 0.239 e. The molecule has 1 heterocycles. The number of hydrogen-bond acceptors (Lipinski definition) is 10. The van der Waals surface area contributed by atoms with Crippen LogP contribution in [0.2, 0.25) is 0 Å². The number of phenolic OH excluding ortho intramolecular Hbond substituents is 1. The molecule has 5 N–H and O–H groups in total. The molecule has 0 bridgehead atoms. The van der Waals surface area contributed by atoms with Crippen molar-refractivity contribution >= 4 is 11.0 Å². The Morgan fingerprint density at radius 2 is 1.66 bits per heavy atom. The van der Waals surface area contributed by atoms with Crippen molar-refractivity contribution in [1.29, 1.82) is 0 Å². The van der Waals surface area contributed by atoms with Crippen LogP contribution in [-0.2, 0) is 6.42 Å². The molecular formula is C25H28O10. The number of rotatable bonds is 10. The Balaban J connectivity index is 2.35. The van der Waals surface area contributed by atoms with Crippen molar-refractivity contribution < 1.29 is 44.2 Å². The van der Waals surface area contributed by atoms with E-state index in [1.165, 1.54) is 13.2 Å². The zero-order valence-corrected chi connectivity index (χ0v) is 19.5. The van der Waals surface area contributed by atoms with Crippen LogP contribution in [0.25, 0.3) is 22.3 Å². The predicted molar refractivity (Wildman–Crippen MR) is 127 cm³/mol. The Morgan fingerprint density at radius 3 is 2.23 bits per heavy atom. The van der Waals surface area contributed by atoms with Crippen molar-refractivity contribution in [3.63, 3.8) is 0 Å². The lowest BCUT2D eigenvalue weighted by molar-refractivity contribution is -0.0687. The van der Waals surface area contributed by atoms with Crippen LogP contribution in [0.3, 0.4) is 0 Å². The highest BCUT2D eigenvalue weighted by Gasteiger charge is 2.25. The van der Waals surface area contributed by atoms with Crippen molar-refractivity contribution in [2.75, 3.05) is 20.3 Å². The van der Waals surface area contributed by atoms with E-state index in [1.807, 2.05) is 19.9 Å². The van der Waals surface area contributed by atoms with E-state index in [1.54, 1.807) is 24.3 Å². The maximum atomic E-state index is 13.5. The van der Waals surface area contributed by atoms with E-state index in [9.17, 15) is 30.3 Å². The van der Waals surface area contributed by atoms with E-state index in [4.69, 9.17) is 18.6 Å². The second-order valence-electron chi connectivity index (χ2n) is 7.96. The molecule has 0 fully saturated rings. The van der Waals surface area contributed by atoms with Gasteiger partial charge in [0.2, 0.25) is 11.2 Å². The van der Waals surface area contributed by atoms with Gasteiger partial charge in [0.1, 0.15) is 41.4 Å². The Hall–Kier alpha value is -3.57. The molecule has 0 unspecified atom stereocenters. The number of fused-ring (bicyclic) bond motifs is 1. The van der Waals surface area contributed by atoms with Gasteiger partial charge in [0.25, 0.3) is 0 Å². The number of ether oxygens (including phenoxy) is 3. The topological polar surface area (TPSA) is 159 Å². The summed E-state index contributed by atoms with van der Waals surface area (Å²) in [4.78, 5) is 13.5. The molecule has 0 aliphatic carbocycles. The molecular weight excluding hydrogens is 460 g/mol. The number of benzene rings is 2. The average molecular weight is 488 g/mol. The summed E-state index contributed by atoms with van der Waals surface area (Å²) in [6, 6.07) is 7.74. The molecule has 0 amide bonds. The molecule has 0 saturated carbocycles. The number of phenols is 1. The summed E-state index contributed by atoms with van der Waals surface area (Å²) in [5.41, 5.74) is 1.06. The first-order valence-electron chi connectivity index (χ1n) is 10.7. The van der Waals surface area contributed by atoms with E-state index >= 15 is 0 Å². The molecule has 10 heteroatoms. The van der Waals surface area contributed by atoms with Gasteiger partial charge in [-0.25, -0.2) is 0 Å². The van der Waals surface area contributed by atoms with E-state index in [2.05, 4.69) is 0 Å². The summed E-state index contributed by atoms with van der Waals surface area (Å²) in [5.74, 6) is -0.149. The maximum absolute atomic E-state index is 13.5. The third-order valence-electron chi connectivity index (χ3n) is 5.00. The second-order valence-corrected chi connectivity index (χ2v) is 7.96. The fraction of sp³-hybridized carbons (Fsp3) is 0.320. The first-order valence-corrected chi connectivity index (χ1v) is 10.7. The highest BCUT2D eigenvalue weighted by atomic mass is 16.6. The molecule has 0 spiro atoms. The largest absolute Gasteiger partial charge is 0.507 e. The Labute approximate surface area is 200 Å². The van der Waals surface area contributed by atoms with Gasteiger partial charge in [-0.1, -0.05) is 11.6 Å². The standard InChI is InChI=1S/C25H28O10/c1-13(2)4-9-16-18(33-11-19(27)28)10-17(26)21-22(31)25(34-12-20(29)30)23(35-24(16)21)14-5-7-15(32-3)8-6-14/h4-8,10,19-20,26-30H,9,11-12H2,1-3H3. The van der Waals surface area contributed by atoms with Crippen LogP contribution in [0.1, 0.15) is 19.4 Å². The number of aliphatic hydroxyl groups excluding tert-OH is 2. The predicted octanol–water partition coefficient (Wildman–Crippen LogP) is 2.06. The van der Waals surface area contributed by atoms with Gasteiger partial charge in [-0.05, 0) is 44.5 Å². The number of aromatic hydroxyl groups is 1. The molecule has 3 rings (SSSR count). The highest BCUT2D eigenvalue weighted by molar-refractivity contribution is 5.91. The number of aliphatic hydroxyl groups is 4. The SMILES string of the molecule is COc1ccc(-c2oc3c(CC=C(C)C)c(OCC(O)O)cc(O)c3c(=O)c2OCC(O)O)cc1. The van der Waals surface area contributed by atoms with Crippen molar-refractivity contribution in [2.45, 2.75) is 32.8 Å². The lowest BCUT2D eigenvalue weighted by Crippen LogP contribution is -2.20. The van der Waals surface area contributed by atoms with Gasteiger partial charge in [-0.2, -0.15) is 0 Å². The molecule has 0 atom stereocenters. The van der Waals surface area contributed by atoms with Gasteiger partial charge >= 0.3 is 0 Å². The van der Waals surface area contributed by atoms with Crippen molar-refractivity contribution in [2.24, 2.45) is 0 Å². The van der Waals surface area contributed by atoms with Gasteiger partial charge in [0.05, 0.1) is 7.11 Å². The second kappa shape index (κ2) is 11.2. The van der Waals surface area contributed by atoms with Crippen LogP contribution in [0.15, 0.2) is 51.2 Å². The minimum Gasteiger partial charge on any atom is -0.507 e. The van der Waals surface area contributed by atoms with Crippen LogP contribution in [-0.4, -0.2) is 58.4 Å². The normalized spacial score (nSPS) is 11.2. The van der Waals surface area contributed by atoms with E-state index in [0.29, 0.717) is 16.9 Å². The zero-order chi connectivity index (χ0) is 25.7. The molecule has 10 nitrogen and oxygen atoms in total. The summed E-state index contributed by atoms with van der Waals surface area (Å²) in [7, 11) is 1.51. The van der Waals surface area contributed by atoms with Crippen LogP contribution in [0.4, 0.5) is 0 Å². The molecule has 0 aliphatic heterocycles. The summed E-state index contributed by atoms with van der Waals surface area (Å²) in [5, 5.41) is 47.5. The van der Waals surface area contributed by atoms with Crippen LogP contribution in [0.5, 0.6) is 23.0 Å². The minimum atomic E-state index is -1.85. The van der Waals surface area contributed by atoms with Crippen molar-refractivity contribution in [3.8, 4) is 34.3 Å². The van der Waals surface area contributed by atoms with Gasteiger partial charge in [-0.15, -0.1) is 0 Å². The zero-order valence-electron chi connectivity index (χ0n) is 19.5. The summed E-state index contributed by atoms with van der Waals surface area (Å²) < 4.78 is 22.2. The molecule has 0 saturated heterocycles. The molecule has 2 aromatic carbocycles. The van der Waals surface area contributed by atoms with Crippen molar-refractivity contribution in [1.82, 2.24) is 0 Å². The average Bonchev–Trinajstić information content (AvgIpc) is 2.80. The van der Waals surface area contributed by atoms with Crippen LogP contribution in [0, 0.1) is 0 Å². The van der Waals surface area contributed by atoms with Gasteiger partial charge < -0.3 is 44.2 Å². The Morgan fingerprint density at radius 1 is 1.03 bits per heavy atom. The number of methoxy groups -OCH3 is 1. The van der Waals surface area contributed by atoms with E-state index < -0.39 is 37.0 Å². The van der Waals surface area contributed by atoms with Crippen molar-refractivity contribution in [3.05, 3.63) is 57.8 Å². The molecule has 0 radical (unpaired) electrons. The number of hydrogen-bond donors (Lipinski definition) is 5. The summed E-state index contributed by atoms with van der Waals surface area (Å²) in [6.07, 6.45) is -1.51. The van der Waals surface area contributed by atoms with Crippen LogP contribution < -0.4 is 19.6 Å². The fourth-order valence-electron chi connectivity index (χ4n) is 3.37. The number of allylic oxidation sites excluding steroid dienone is 2. The van der Waals surface area contributed by atoms with Crippen LogP contribution >= 0.6 is 0 Å². The molecule has 1 aromatic heterocycles. The Kier molecular flexibility index (Phi) is 8.36. The molecule has 0 aliphatic rings. The van der Waals surface area contributed by atoms with Gasteiger partial charge in [0, 0.05) is 17.2 Å². The third-order valence-corrected chi connectivity index (χ3v) is 5.00. The van der Waals surface area contributed by atoms with E-state index in [-0.39, 0.29) is 34.6 Å². The lowest BCUT2D eigenvalue weighted by Gasteiger charge is -2.17. The quantitative estimate of drug-likeness (QED) is 0.211. The van der Waals surface area contributed by atoms with E-state index in [0.717, 1.165) is 5.57 Å². The highest BCUT2D eigenvalue weighted by Crippen LogP contribution is 2.40. The lowest BCUT2D eigenvalue weighted by atomic mass is 10.0. The maximum Gasteiger partial charge on any atom is 0.239 e. The minimum absolute atomic E-state index is 0.0111. The van der Waals surface area contributed by atoms with Gasteiger partial charge in [-0.3, -0.25) is 4.79 Å². The molecule has 3 aromatic rings. The summed E-state index contributed by atoms with van der Waals surface area (Å²) in [6.45, 7) is 2.68. The molecule has 35 heavy (non-hydrogen) atoms. The summed E-state index contributed by atoms with van der Waals surface area (Å²) >= 11 is 0.